The fourth-order valence-corrected chi connectivity index (χ4v) is 2.62. The van der Waals surface area contributed by atoms with Crippen molar-refractivity contribution >= 4 is 35.3 Å². The van der Waals surface area contributed by atoms with E-state index in [0.29, 0.717) is 28.4 Å². The molecule has 1 amide bonds. The van der Waals surface area contributed by atoms with Gasteiger partial charge in [0.05, 0.1) is 17.7 Å². The summed E-state index contributed by atoms with van der Waals surface area (Å²) >= 11 is 1.32. The summed E-state index contributed by atoms with van der Waals surface area (Å²) in [4.78, 5) is 39.8. The summed E-state index contributed by atoms with van der Waals surface area (Å²) in [5, 5.41) is 3.13. The Morgan fingerprint density at radius 2 is 1.81 bits per heavy atom. The number of pyridine rings is 1. The van der Waals surface area contributed by atoms with E-state index < -0.39 is 24.5 Å². The third-order valence-corrected chi connectivity index (χ3v) is 4.07. The Balaban J connectivity index is 1.86. The third kappa shape index (κ3) is 6.10. The standard InChI is InChI=1S/C19H20N2O5S/c1-3-11-25-18(23)13-6-8-14(9-7-13)21-16(22)12-26-19(24)15-5-4-10-20-17(15)27-2/h4-10H,3,11-12H2,1-2H3,(H,21,22). The highest BCUT2D eigenvalue weighted by Gasteiger charge is 2.15. The molecule has 0 unspecified atom stereocenters. The van der Waals surface area contributed by atoms with Crippen LogP contribution in [0.5, 0.6) is 0 Å². The average molecular weight is 388 g/mol. The molecule has 0 spiro atoms. The second-order valence-electron chi connectivity index (χ2n) is 5.40. The van der Waals surface area contributed by atoms with E-state index in [4.69, 9.17) is 9.47 Å². The maximum Gasteiger partial charge on any atom is 0.341 e. The molecule has 8 heteroatoms. The molecule has 0 aliphatic rings. The molecule has 0 aliphatic heterocycles. The van der Waals surface area contributed by atoms with Crippen LogP contribution in [-0.2, 0) is 14.3 Å². The lowest BCUT2D eigenvalue weighted by atomic mass is 10.2. The van der Waals surface area contributed by atoms with Crippen LogP contribution in [0.15, 0.2) is 47.6 Å². The second-order valence-corrected chi connectivity index (χ2v) is 6.19. The summed E-state index contributed by atoms with van der Waals surface area (Å²) in [6, 6.07) is 9.49. The van der Waals surface area contributed by atoms with Crippen LogP contribution in [-0.4, -0.2) is 42.3 Å². The predicted octanol–water partition coefficient (Wildman–Crippen LogP) is 3.17. The molecule has 0 bridgehead atoms. The van der Waals surface area contributed by atoms with E-state index in [-0.39, 0.29) is 0 Å². The molecular formula is C19H20N2O5S. The molecule has 0 fully saturated rings. The average Bonchev–Trinajstić information content (AvgIpc) is 2.70. The van der Waals surface area contributed by atoms with Gasteiger partial charge >= 0.3 is 11.9 Å². The summed E-state index contributed by atoms with van der Waals surface area (Å²) in [6.07, 6.45) is 4.13. The summed E-state index contributed by atoms with van der Waals surface area (Å²) in [5.41, 5.74) is 1.19. The number of aromatic nitrogens is 1. The Morgan fingerprint density at radius 3 is 2.48 bits per heavy atom. The predicted molar refractivity (Wildman–Crippen MR) is 102 cm³/mol. The molecule has 27 heavy (non-hydrogen) atoms. The Morgan fingerprint density at radius 1 is 1.07 bits per heavy atom. The minimum absolute atomic E-state index is 0.313. The van der Waals surface area contributed by atoms with Crippen molar-refractivity contribution in [2.24, 2.45) is 0 Å². The van der Waals surface area contributed by atoms with Crippen molar-refractivity contribution in [3.8, 4) is 0 Å². The van der Waals surface area contributed by atoms with Crippen molar-refractivity contribution in [2.45, 2.75) is 18.4 Å². The molecule has 0 atom stereocenters. The number of ether oxygens (including phenoxy) is 2. The molecule has 2 rings (SSSR count). The number of anilines is 1. The quantitative estimate of drug-likeness (QED) is 0.548. The van der Waals surface area contributed by atoms with Gasteiger partial charge in [0.1, 0.15) is 5.03 Å². The lowest BCUT2D eigenvalue weighted by molar-refractivity contribution is -0.119. The van der Waals surface area contributed by atoms with Crippen molar-refractivity contribution in [1.82, 2.24) is 4.98 Å². The van der Waals surface area contributed by atoms with Gasteiger partial charge in [0.15, 0.2) is 6.61 Å². The lowest BCUT2D eigenvalue weighted by Crippen LogP contribution is -2.21. The maximum absolute atomic E-state index is 12.1. The highest BCUT2D eigenvalue weighted by molar-refractivity contribution is 7.98. The van der Waals surface area contributed by atoms with E-state index in [1.807, 2.05) is 6.92 Å². The van der Waals surface area contributed by atoms with Crippen molar-refractivity contribution in [2.75, 3.05) is 24.8 Å². The van der Waals surface area contributed by atoms with E-state index in [9.17, 15) is 14.4 Å². The molecule has 142 valence electrons. The number of nitrogens with one attached hydrogen (secondary N) is 1. The van der Waals surface area contributed by atoms with Gasteiger partial charge in [0, 0.05) is 11.9 Å². The first-order valence-electron chi connectivity index (χ1n) is 8.28. The Kier molecular flexibility index (Phi) is 7.81. The first-order valence-corrected chi connectivity index (χ1v) is 9.50. The molecule has 2 aromatic rings. The zero-order valence-electron chi connectivity index (χ0n) is 15.1. The van der Waals surface area contributed by atoms with Gasteiger partial charge in [-0.2, -0.15) is 0 Å². The minimum atomic E-state index is -0.614. The van der Waals surface area contributed by atoms with Crippen LogP contribution < -0.4 is 5.32 Å². The van der Waals surface area contributed by atoms with Crippen LogP contribution >= 0.6 is 11.8 Å². The van der Waals surface area contributed by atoms with Crippen LogP contribution in [0, 0.1) is 0 Å². The van der Waals surface area contributed by atoms with Crippen LogP contribution in [0.3, 0.4) is 0 Å². The number of carbonyl (C=O) groups is 3. The summed E-state index contributed by atoms with van der Waals surface area (Å²) < 4.78 is 10.1. The zero-order valence-corrected chi connectivity index (χ0v) is 15.9. The largest absolute Gasteiger partial charge is 0.462 e. The van der Waals surface area contributed by atoms with Gasteiger partial charge < -0.3 is 14.8 Å². The third-order valence-electron chi connectivity index (χ3n) is 3.36. The molecule has 0 aliphatic carbocycles. The maximum atomic E-state index is 12.1. The monoisotopic (exact) mass is 388 g/mol. The molecule has 1 aromatic carbocycles. The van der Waals surface area contributed by atoms with Gasteiger partial charge in [-0.25, -0.2) is 14.6 Å². The van der Waals surface area contributed by atoms with Gasteiger partial charge in [-0.3, -0.25) is 4.79 Å². The fraction of sp³-hybridized carbons (Fsp3) is 0.263. The number of hydrogen-bond acceptors (Lipinski definition) is 7. The molecule has 1 heterocycles. The molecular weight excluding hydrogens is 368 g/mol. The van der Waals surface area contributed by atoms with E-state index in [2.05, 4.69) is 10.3 Å². The van der Waals surface area contributed by atoms with Crippen molar-refractivity contribution in [1.29, 1.82) is 0 Å². The SMILES string of the molecule is CCCOC(=O)c1ccc(NC(=O)COC(=O)c2cccnc2SC)cc1. The van der Waals surface area contributed by atoms with Crippen LogP contribution in [0.1, 0.15) is 34.1 Å². The van der Waals surface area contributed by atoms with E-state index in [0.717, 1.165) is 6.42 Å². The molecule has 0 saturated heterocycles. The number of rotatable bonds is 8. The number of esters is 2. The first kappa shape index (κ1) is 20.4. The van der Waals surface area contributed by atoms with Gasteiger partial charge in [-0.05, 0) is 49.1 Å². The molecule has 7 nitrogen and oxygen atoms in total. The number of nitrogens with zero attached hydrogens (tertiary/aromatic N) is 1. The molecule has 1 N–H and O–H groups in total. The molecule has 1 aromatic heterocycles. The van der Waals surface area contributed by atoms with Crippen LogP contribution in [0.25, 0.3) is 0 Å². The number of benzene rings is 1. The number of amides is 1. The fourth-order valence-electron chi connectivity index (χ4n) is 2.08. The number of thioether (sulfide) groups is 1. The van der Waals surface area contributed by atoms with Gasteiger partial charge in [0.2, 0.25) is 0 Å². The zero-order chi connectivity index (χ0) is 19.6. The summed E-state index contributed by atoms with van der Waals surface area (Å²) in [7, 11) is 0. The summed E-state index contributed by atoms with van der Waals surface area (Å²) in [5.74, 6) is -1.51. The second kappa shape index (κ2) is 10.3. The summed E-state index contributed by atoms with van der Waals surface area (Å²) in [6.45, 7) is 1.84. The highest BCUT2D eigenvalue weighted by atomic mass is 32.2. The highest BCUT2D eigenvalue weighted by Crippen LogP contribution is 2.17. The van der Waals surface area contributed by atoms with Crippen LogP contribution in [0.4, 0.5) is 5.69 Å². The Bertz CT molecular complexity index is 808. The number of hydrogen-bond donors (Lipinski definition) is 1. The first-order chi connectivity index (χ1) is 13.0. The van der Waals surface area contributed by atoms with Gasteiger partial charge in [0.25, 0.3) is 5.91 Å². The van der Waals surface area contributed by atoms with Crippen molar-refractivity contribution in [3.05, 3.63) is 53.7 Å². The van der Waals surface area contributed by atoms with E-state index >= 15 is 0 Å². The lowest BCUT2D eigenvalue weighted by Gasteiger charge is -2.09. The normalized spacial score (nSPS) is 10.1. The van der Waals surface area contributed by atoms with Crippen molar-refractivity contribution in [3.63, 3.8) is 0 Å². The number of carbonyl (C=O) groups excluding carboxylic acids is 3. The molecule has 0 saturated carbocycles. The molecule has 0 radical (unpaired) electrons. The minimum Gasteiger partial charge on any atom is -0.462 e. The van der Waals surface area contributed by atoms with Crippen LogP contribution in [0.2, 0.25) is 0 Å². The van der Waals surface area contributed by atoms with E-state index in [1.165, 1.54) is 11.8 Å². The Hall–Kier alpha value is -2.87. The Labute approximate surface area is 161 Å². The van der Waals surface area contributed by atoms with Crippen molar-refractivity contribution < 1.29 is 23.9 Å². The topological polar surface area (TPSA) is 94.6 Å². The smallest absolute Gasteiger partial charge is 0.341 e. The van der Waals surface area contributed by atoms with E-state index in [1.54, 1.807) is 48.9 Å². The van der Waals surface area contributed by atoms with Gasteiger partial charge in [-0.15, -0.1) is 11.8 Å². The van der Waals surface area contributed by atoms with Gasteiger partial charge in [-0.1, -0.05) is 6.92 Å².